The van der Waals surface area contributed by atoms with Crippen LogP contribution in [0.2, 0.25) is 0 Å². The monoisotopic (exact) mass is 508 g/mol. The van der Waals surface area contributed by atoms with Gasteiger partial charge in [0.25, 0.3) is 0 Å². The molecule has 0 spiro atoms. The van der Waals surface area contributed by atoms with Crippen molar-refractivity contribution in [2.24, 2.45) is 10.9 Å². The highest BCUT2D eigenvalue weighted by molar-refractivity contribution is 14.0. The summed E-state index contributed by atoms with van der Waals surface area (Å²) in [5.41, 5.74) is 1.36. The fourth-order valence-electron chi connectivity index (χ4n) is 3.58. The van der Waals surface area contributed by atoms with E-state index in [1.165, 1.54) is 5.56 Å². The Morgan fingerprint density at radius 1 is 1.03 bits per heavy atom. The van der Waals surface area contributed by atoms with Gasteiger partial charge in [-0.15, -0.1) is 24.0 Å². The average Bonchev–Trinajstić information content (AvgIpc) is 2.74. The number of hydrogen-bond donors (Lipinski definition) is 1. The molecule has 158 valence electrons. The zero-order valence-corrected chi connectivity index (χ0v) is 20.0. The van der Waals surface area contributed by atoms with Gasteiger partial charge in [-0.3, -0.25) is 4.99 Å². The van der Waals surface area contributed by atoms with Crippen LogP contribution in [0, 0.1) is 5.92 Å². The molecule has 1 aliphatic heterocycles. The van der Waals surface area contributed by atoms with Gasteiger partial charge in [0.2, 0.25) is 5.95 Å². The van der Waals surface area contributed by atoms with Gasteiger partial charge in [0.05, 0.1) is 0 Å². The number of rotatable bonds is 6. The molecule has 0 radical (unpaired) electrons. The standard InChI is InChI=1S/C22H32N6.HI/c1-4-23-21(26-17-20(18(2)3)19-9-6-5-7-10-19)27-13-15-28(16-14-27)22-24-11-8-12-25-22;/h5-12,18,20H,4,13-17H2,1-3H3,(H,23,26);1H. The summed E-state index contributed by atoms with van der Waals surface area (Å²) in [5, 5.41) is 3.48. The van der Waals surface area contributed by atoms with Crippen LogP contribution < -0.4 is 10.2 Å². The largest absolute Gasteiger partial charge is 0.357 e. The third kappa shape index (κ3) is 6.55. The van der Waals surface area contributed by atoms with Crippen LogP contribution in [0.5, 0.6) is 0 Å². The van der Waals surface area contributed by atoms with Gasteiger partial charge in [-0.25, -0.2) is 9.97 Å². The van der Waals surface area contributed by atoms with E-state index in [0.717, 1.165) is 51.2 Å². The Bertz CT molecular complexity index is 729. The van der Waals surface area contributed by atoms with E-state index in [0.29, 0.717) is 11.8 Å². The molecule has 2 heterocycles. The Kier molecular flexibility index (Phi) is 9.63. The lowest BCUT2D eigenvalue weighted by Crippen LogP contribution is -2.53. The molecule has 7 heteroatoms. The van der Waals surface area contributed by atoms with Gasteiger partial charge in [-0.05, 0) is 24.5 Å². The van der Waals surface area contributed by atoms with Crippen LogP contribution in [-0.2, 0) is 0 Å². The molecule has 1 saturated heterocycles. The van der Waals surface area contributed by atoms with Gasteiger partial charge in [-0.2, -0.15) is 0 Å². The molecule has 2 aromatic rings. The highest BCUT2D eigenvalue weighted by Crippen LogP contribution is 2.24. The highest BCUT2D eigenvalue weighted by atomic mass is 127. The quantitative estimate of drug-likeness (QED) is 0.367. The van der Waals surface area contributed by atoms with Crippen LogP contribution in [0.1, 0.15) is 32.3 Å². The normalized spacial score (nSPS) is 15.8. The molecule has 6 nitrogen and oxygen atoms in total. The van der Waals surface area contributed by atoms with Crippen LogP contribution in [0.3, 0.4) is 0 Å². The Hall–Kier alpha value is -1.90. The fraction of sp³-hybridized carbons (Fsp3) is 0.500. The number of aromatic nitrogens is 2. The van der Waals surface area contributed by atoms with E-state index in [2.05, 4.69) is 76.2 Å². The van der Waals surface area contributed by atoms with Gasteiger partial charge in [0.15, 0.2) is 5.96 Å². The zero-order valence-electron chi connectivity index (χ0n) is 17.7. The van der Waals surface area contributed by atoms with Crippen LogP contribution in [0.15, 0.2) is 53.8 Å². The number of benzene rings is 1. The molecule has 1 aromatic carbocycles. The summed E-state index contributed by atoms with van der Waals surface area (Å²) in [4.78, 5) is 18.3. The first-order valence-electron chi connectivity index (χ1n) is 10.3. The van der Waals surface area contributed by atoms with E-state index < -0.39 is 0 Å². The van der Waals surface area contributed by atoms with Crippen LogP contribution >= 0.6 is 24.0 Å². The molecule has 1 N–H and O–H groups in total. The molecule has 29 heavy (non-hydrogen) atoms. The molecule has 0 aliphatic carbocycles. The van der Waals surface area contributed by atoms with E-state index in [1.807, 2.05) is 6.07 Å². The topological polar surface area (TPSA) is 56.7 Å². The lowest BCUT2D eigenvalue weighted by Gasteiger charge is -2.36. The van der Waals surface area contributed by atoms with E-state index in [-0.39, 0.29) is 24.0 Å². The van der Waals surface area contributed by atoms with Crippen molar-refractivity contribution in [3.63, 3.8) is 0 Å². The van der Waals surface area contributed by atoms with Crippen LogP contribution in [0.25, 0.3) is 0 Å². The first kappa shape index (κ1) is 23.4. The number of nitrogens with one attached hydrogen (secondary N) is 1. The van der Waals surface area contributed by atoms with Crippen molar-refractivity contribution < 1.29 is 0 Å². The second-order valence-electron chi connectivity index (χ2n) is 7.48. The van der Waals surface area contributed by atoms with Crippen molar-refractivity contribution in [1.82, 2.24) is 20.2 Å². The Labute approximate surface area is 191 Å². The summed E-state index contributed by atoms with van der Waals surface area (Å²) in [5.74, 6) is 2.79. The summed E-state index contributed by atoms with van der Waals surface area (Å²) in [6, 6.07) is 12.6. The summed E-state index contributed by atoms with van der Waals surface area (Å²) in [6.07, 6.45) is 3.60. The van der Waals surface area contributed by atoms with E-state index in [9.17, 15) is 0 Å². The molecule has 0 saturated carbocycles. The summed E-state index contributed by atoms with van der Waals surface area (Å²) in [6.45, 7) is 12.0. The lowest BCUT2D eigenvalue weighted by atomic mass is 9.88. The van der Waals surface area contributed by atoms with Crippen molar-refractivity contribution in [1.29, 1.82) is 0 Å². The molecular formula is C22H33IN6. The van der Waals surface area contributed by atoms with Gasteiger partial charge < -0.3 is 15.1 Å². The maximum atomic E-state index is 5.01. The zero-order chi connectivity index (χ0) is 19.8. The minimum atomic E-state index is 0. The van der Waals surface area contributed by atoms with Gasteiger partial charge in [0.1, 0.15) is 0 Å². The number of anilines is 1. The predicted molar refractivity (Wildman–Crippen MR) is 131 cm³/mol. The molecule has 1 aromatic heterocycles. The molecule has 1 unspecified atom stereocenters. The summed E-state index contributed by atoms with van der Waals surface area (Å²) < 4.78 is 0. The van der Waals surface area contributed by atoms with Crippen molar-refractivity contribution in [3.05, 3.63) is 54.4 Å². The molecule has 0 bridgehead atoms. The van der Waals surface area contributed by atoms with E-state index >= 15 is 0 Å². The maximum absolute atomic E-state index is 5.01. The van der Waals surface area contributed by atoms with Crippen molar-refractivity contribution in [2.75, 3.05) is 44.2 Å². The Morgan fingerprint density at radius 3 is 2.28 bits per heavy atom. The van der Waals surface area contributed by atoms with E-state index in [1.54, 1.807) is 12.4 Å². The number of halogens is 1. The van der Waals surface area contributed by atoms with Gasteiger partial charge in [0, 0.05) is 57.6 Å². The second kappa shape index (κ2) is 11.9. The van der Waals surface area contributed by atoms with Gasteiger partial charge >= 0.3 is 0 Å². The SMILES string of the molecule is CCNC(=NCC(c1ccccc1)C(C)C)N1CCN(c2ncccn2)CC1.I. The number of guanidine groups is 1. The lowest BCUT2D eigenvalue weighted by molar-refractivity contribution is 0.368. The summed E-state index contributed by atoms with van der Waals surface area (Å²) >= 11 is 0. The highest BCUT2D eigenvalue weighted by Gasteiger charge is 2.22. The fourth-order valence-corrected chi connectivity index (χ4v) is 3.58. The van der Waals surface area contributed by atoms with Crippen molar-refractivity contribution in [3.8, 4) is 0 Å². The predicted octanol–water partition coefficient (Wildman–Crippen LogP) is 3.62. The van der Waals surface area contributed by atoms with Crippen LogP contribution in [-0.4, -0.2) is 60.1 Å². The second-order valence-corrected chi connectivity index (χ2v) is 7.48. The number of aliphatic imine (C=N–C) groups is 1. The molecular weight excluding hydrogens is 475 g/mol. The smallest absolute Gasteiger partial charge is 0.225 e. The number of nitrogens with zero attached hydrogens (tertiary/aromatic N) is 5. The molecule has 1 fully saturated rings. The molecule has 1 aliphatic rings. The molecule has 0 amide bonds. The number of hydrogen-bond acceptors (Lipinski definition) is 4. The number of piperazine rings is 1. The van der Waals surface area contributed by atoms with Crippen LogP contribution in [0.4, 0.5) is 5.95 Å². The van der Waals surface area contributed by atoms with Crippen molar-refractivity contribution >= 4 is 35.9 Å². The molecule has 1 atom stereocenters. The Balaban J connectivity index is 0.00000300. The third-order valence-corrected chi connectivity index (χ3v) is 5.22. The van der Waals surface area contributed by atoms with Gasteiger partial charge in [-0.1, -0.05) is 44.2 Å². The van der Waals surface area contributed by atoms with Crippen molar-refractivity contribution in [2.45, 2.75) is 26.7 Å². The van der Waals surface area contributed by atoms with E-state index in [4.69, 9.17) is 4.99 Å². The first-order chi connectivity index (χ1) is 13.7. The third-order valence-electron chi connectivity index (χ3n) is 5.22. The maximum Gasteiger partial charge on any atom is 0.225 e. The minimum absolute atomic E-state index is 0. The summed E-state index contributed by atoms with van der Waals surface area (Å²) in [7, 11) is 0. The first-order valence-corrected chi connectivity index (χ1v) is 10.3. The minimum Gasteiger partial charge on any atom is -0.357 e. The average molecular weight is 508 g/mol. The molecule has 3 rings (SSSR count). The Morgan fingerprint density at radius 2 is 1.69 bits per heavy atom.